The number of benzene rings is 10. The first-order valence-electron chi connectivity index (χ1n) is 21.2. The molecular formula is C58H36N4. The van der Waals surface area contributed by atoms with Crippen molar-refractivity contribution in [3.8, 4) is 45.3 Å². The van der Waals surface area contributed by atoms with E-state index in [1.54, 1.807) is 0 Å². The summed E-state index contributed by atoms with van der Waals surface area (Å²) in [6, 6.07) is 78.6. The fourth-order valence-corrected chi connectivity index (χ4v) is 10.5. The van der Waals surface area contributed by atoms with E-state index in [0.717, 1.165) is 33.8 Å². The molecule has 288 valence electrons. The van der Waals surface area contributed by atoms with Gasteiger partial charge >= 0.3 is 0 Å². The highest BCUT2D eigenvalue weighted by molar-refractivity contribution is 6.25. The van der Waals surface area contributed by atoms with Crippen LogP contribution >= 0.6 is 0 Å². The van der Waals surface area contributed by atoms with Crippen LogP contribution < -0.4 is 4.90 Å². The molecule has 0 unspecified atom stereocenters. The van der Waals surface area contributed by atoms with E-state index >= 15 is 0 Å². The van der Waals surface area contributed by atoms with Gasteiger partial charge in [0.15, 0.2) is 17.5 Å². The van der Waals surface area contributed by atoms with E-state index < -0.39 is 5.41 Å². The van der Waals surface area contributed by atoms with Crippen molar-refractivity contribution in [2.24, 2.45) is 0 Å². The number of anilines is 3. The van der Waals surface area contributed by atoms with Crippen LogP contribution in [0.25, 0.3) is 77.6 Å². The van der Waals surface area contributed by atoms with Gasteiger partial charge in [-0.25, -0.2) is 15.0 Å². The molecule has 1 spiro atoms. The molecule has 4 heteroatoms. The van der Waals surface area contributed by atoms with E-state index in [0.29, 0.717) is 17.5 Å². The molecule has 0 N–H and O–H groups in total. The zero-order valence-electron chi connectivity index (χ0n) is 33.6. The molecule has 1 aromatic heterocycles. The molecule has 4 nitrogen and oxygen atoms in total. The summed E-state index contributed by atoms with van der Waals surface area (Å²) in [4.78, 5) is 18.3. The summed E-state index contributed by atoms with van der Waals surface area (Å²) in [6.07, 6.45) is 0. The van der Waals surface area contributed by atoms with Crippen LogP contribution in [-0.4, -0.2) is 15.0 Å². The predicted molar refractivity (Wildman–Crippen MR) is 254 cm³/mol. The van der Waals surface area contributed by atoms with E-state index in [1.165, 1.54) is 65.7 Å². The standard InChI is InChI=1S/C58H36N4/c1-3-17-37(18-4-1)55-59-56(38-31-33-45-43-23-8-7-21-41(43)42-22-9-10-24-44(42)48(45)35-38)61-57(60-55)39-32-34-47-46-25-11-12-26-49(46)58(52(47)36-39)50-27-13-15-29-53(50)62(40-19-5-2-6-20-40)54-30-16-14-28-51(54)58/h1-36H. The van der Waals surface area contributed by atoms with E-state index in [2.05, 4.69) is 205 Å². The van der Waals surface area contributed by atoms with Gasteiger partial charge in [-0.2, -0.15) is 0 Å². The Hall–Kier alpha value is -8.21. The van der Waals surface area contributed by atoms with Crippen LogP contribution in [0.15, 0.2) is 218 Å². The lowest BCUT2D eigenvalue weighted by molar-refractivity contribution is 0.753. The summed E-state index contributed by atoms with van der Waals surface area (Å²) in [5.41, 5.74) is 13.1. The van der Waals surface area contributed by atoms with Crippen molar-refractivity contribution >= 4 is 49.4 Å². The lowest BCUT2D eigenvalue weighted by Crippen LogP contribution is -2.36. The molecule has 0 radical (unpaired) electrons. The van der Waals surface area contributed by atoms with Crippen LogP contribution in [0.1, 0.15) is 22.3 Å². The van der Waals surface area contributed by atoms with Gasteiger partial charge in [-0.15, -0.1) is 0 Å². The molecule has 13 rings (SSSR count). The molecule has 0 atom stereocenters. The monoisotopic (exact) mass is 788 g/mol. The maximum Gasteiger partial charge on any atom is 0.164 e. The molecule has 11 aromatic rings. The Balaban J connectivity index is 1.06. The third-order valence-corrected chi connectivity index (χ3v) is 13.1. The minimum atomic E-state index is -0.597. The Bertz CT molecular complexity index is 3510. The van der Waals surface area contributed by atoms with Crippen molar-refractivity contribution in [2.75, 3.05) is 4.90 Å². The minimum Gasteiger partial charge on any atom is -0.310 e. The predicted octanol–water partition coefficient (Wildman–Crippen LogP) is 14.5. The number of hydrogen-bond donors (Lipinski definition) is 0. The third-order valence-electron chi connectivity index (χ3n) is 13.1. The summed E-state index contributed by atoms with van der Waals surface area (Å²) < 4.78 is 0. The molecule has 62 heavy (non-hydrogen) atoms. The Kier molecular flexibility index (Phi) is 7.49. The SMILES string of the molecule is c1ccc(-c2nc(-c3ccc4c(c3)C3(c5ccccc5-4)c4ccccc4N(c4ccccc4)c4ccccc43)nc(-c3ccc4c5ccccc5c5ccccc5c4c3)n2)cc1. The smallest absolute Gasteiger partial charge is 0.164 e. The number of rotatable bonds is 4. The summed E-state index contributed by atoms with van der Waals surface area (Å²) >= 11 is 0. The van der Waals surface area contributed by atoms with E-state index in [4.69, 9.17) is 15.0 Å². The van der Waals surface area contributed by atoms with Gasteiger partial charge in [0.05, 0.1) is 16.8 Å². The average molecular weight is 789 g/mol. The molecule has 1 aliphatic heterocycles. The van der Waals surface area contributed by atoms with Crippen molar-refractivity contribution in [2.45, 2.75) is 5.41 Å². The fraction of sp³-hybridized carbons (Fsp3) is 0.0172. The first kappa shape index (κ1) is 34.6. The third kappa shape index (κ3) is 4.92. The molecule has 0 bridgehead atoms. The van der Waals surface area contributed by atoms with E-state index in [1.807, 2.05) is 18.2 Å². The van der Waals surface area contributed by atoms with Crippen LogP contribution in [0.5, 0.6) is 0 Å². The number of para-hydroxylation sites is 3. The van der Waals surface area contributed by atoms with Crippen LogP contribution in [0, 0.1) is 0 Å². The summed E-state index contributed by atoms with van der Waals surface area (Å²) in [5.74, 6) is 1.91. The zero-order chi connectivity index (χ0) is 40.8. The Morgan fingerprint density at radius 1 is 0.290 bits per heavy atom. The van der Waals surface area contributed by atoms with E-state index in [9.17, 15) is 0 Å². The number of hydrogen-bond acceptors (Lipinski definition) is 4. The minimum absolute atomic E-state index is 0.597. The highest BCUT2D eigenvalue weighted by atomic mass is 15.2. The van der Waals surface area contributed by atoms with Gasteiger partial charge in [0.1, 0.15) is 0 Å². The zero-order valence-corrected chi connectivity index (χ0v) is 33.6. The molecule has 1 aliphatic carbocycles. The highest BCUT2D eigenvalue weighted by Gasteiger charge is 2.51. The van der Waals surface area contributed by atoms with Gasteiger partial charge in [-0.05, 0) is 102 Å². The maximum absolute atomic E-state index is 5.37. The average Bonchev–Trinajstić information content (AvgIpc) is 3.64. The number of aromatic nitrogens is 3. The molecule has 10 aromatic carbocycles. The quantitative estimate of drug-likeness (QED) is 0.167. The summed E-state index contributed by atoms with van der Waals surface area (Å²) in [6.45, 7) is 0. The van der Waals surface area contributed by atoms with Crippen molar-refractivity contribution in [1.82, 2.24) is 15.0 Å². The number of nitrogens with zero attached hydrogens (tertiary/aromatic N) is 4. The Morgan fingerprint density at radius 3 is 1.35 bits per heavy atom. The molecular weight excluding hydrogens is 753 g/mol. The summed E-state index contributed by atoms with van der Waals surface area (Å²) in [5, 5.41) is 7.33. The van der Waals surface area contributed by atoms with Gasteiger partial charge in [-0.1, -0.05) is 182 Å². The van der Waals surface area contributed by atoms with Crippen molar-refractivity contribution in [1.29, 1.82) is 0 Å². The van der Waals surface area contributed by atoms with Crippen molar-refractivity contribution in [3.05, 3.63) is 241 Å². The Morgan fingerprint density at radius 2 is 0.726 bits per heavy atom. The van der Waals surface area contributed by atoms with Gasteiger partial charge < -0.3 is 4.90 Å². The highest BCUT2D eigenvalue weighted by Crippen LogP contribution is 2.63. The molecule has 0 saturated carbocycles. The topological polar surface area (TPSA) is 41.9 Å². The normalized spacial score (nSPS) is 13.3. The Labute approximate surface area is 359 Å². The largest absolute Gasteiger partial charge is 0.310 e. The second kappa shape index (κ2) is 13.4. The van der Waals surface area contributed by atoms with Crippen molar-refractivity contribution < 1.29 is 0 Å². The van der Waals surface area contributed by atoms with Gasteiger partial charge in [0, 0.05) is 22.4 Å². The first-order chi connectivity index (χ1) is 30.8. The van der Waals surface area contributed by atoms with Crippen molar-refractivity contribution in [3.63, 3.8) is 0 Å². The molecule has 0 fully saturated rings. The lowest BCUT2D eigenvalue weighted by atomic mass is 9.64. The van der Waals surface area contributed by atoms with Gasteiger partial charge in [0.25, 0.3) is 0 Å². The fourth-order valence-electron chi connectivity index (χ4n) is 10.5. The molecule has 2 aliphatic rings. The molecule has 0 saturated heterocycles. The summed E-state index contributed by atoms with van der Waals surface area (Å²) in [7, 11) is 0. The number of fused-ring (bicyclic) bond motifs is 15. The van der Waals surface area contributed by atoms with E-state index in [-0.39, 0.29) is 0 Å². The molecule has 2 heterocycles. The van der Waals surface area contributed by atoms with Crippen LogP contribution in [0.3, 0.4) is 0 Å². The first-order valence-corrected chi connectivity index (χ1v) is 21.2. The lowest BCUT2D eigenvalue weighted by Gasteiger charge is -2.45. The van der Waals surface area contributed by atoms with Gasteiger partial charge in [-0.3, -0.25) is 0 Å². The van der Waals surface area contributed by atoms with Crippen LogP contribution in [0.4, 0.5) is 17.1 Å². The van der Waals surface area contributed by atoms with Gasteiger partial charge in [0.2, 0.25) is 0 Å². The molecule has 0 amide bonds. The second-order valence-corrected chi connectivity index (χ2v) is 16.3. The second-order valence-electron chi connectivity index (χ2n) is 16.3. The van der Waals surface area contributed by atoms with Crippen LogP contribution in [0.2, 0.25) is 0 Å². The maximum atomic E-state index is 5.37. The van der Waals surface area contributed by atoms with Crippen LogP contribution in [-0.2, 0) is 5.41 Å².